The Morgan fingerprint density at radius 1 is 1.00 bits per heavy atom. The molecule has 1 spiro atoms. The average Bonchev–Trinajstić information content (AvgIpc) is 3.04. The number of hydrogen-bond donors (Lipinski definition) is 0. The third kappa shape index (κ3) is 2.53. The standard InChI is InChI=1S/C13H22N2O3/c16-12(15-5-1-2-6-15)11-14-7-3-13(4-8-14)17-9-10-18-13/h1-11H2. The van der Waals surface area contributed by atoms with Crippen molar-refractivity contribution >= 4 is 5.91 Å². The molecule has 0 aromatic rings. The van der Waals surface area contributed by atoms with Gasteiger partial charge in [-0.15, -0.1) is 0 Å². The van der Waals surface area contributed by atoms with Crippen LogP contribution in [-0.4, -0.2) is 67.4 Å². The highest BCUT2D eigenvalue weighted by Crippen LogP contribution is 2.31. The van der Waals surface area contributed by atoms with Crippen molar-refractivity contribution in [3.05, 3.63) is 0 Å². The van der Waals surface area contributed by atoms with Crippen LogP contribution in [0.3, 0.4) is 0 Å². The predicted octanol–water partition coefficient (Wildman–Crippen LogP) is 0.448. The summed E-state index contributed by atoms with van der Waals surface area (Å²) >= 11 is 0. The van der Waals surface area contributed by atoms with Gasteiger partial charge in [-0.05, 0) is 12.8 Å². The predicted molar refractivity (Wildman–Crippen MR) is 66.1 cm³/mol. The maximum Gasteiger partial charge on any atom is 0.236 e. The number of amides is 1. The maximum absolute atomic E-state index is 12.0. The molecule has 1 amide bonds. The first-order valence-corrected chi connectivity index (χ1v) is 7.06. The smallest absolute Gasteiger partial charge is 0.236 e. The summed E-state index contributed by atoms with van der Waals surface area (Å²) in [7, 11) is 0. The van der Waals surface area contributed by atoms with Crippen LogP contribution in [-0.2, 0) is 14.3 Å². The lowest BCUT2D eigenvalue weighted by Gasteiger charge is -2.37. The number of nitrogens with zero attached hydrogens (tertiary/aromatic N) is 2. The fourth-order valence-corrected chi connectivity index (χ4v) is 3.10. The van der Waals surface area contributed by atoms with Crippen molar-refractivity contribution in [1.82, 2.24) is 9.80 Å². The Kier molecular flexibility index (Phi) is 3.54. The molecule has 0 unspecified atom stereocenters. The molecule has 0 atom stereocenters. The molecule has 0 aromatic carbocycles. The van der Waals surface area contributed by atoms with Crippen LogP contribution in [0.15, 0.2) is 0 Å². The molecule has 3 aliphatic rings. The third-order valence-corrected chi connectivity index (χ3v) is 4.25. The van der Waals surface area contributed by atoms with Gasteiger partial charge in [0.25, 0.3) is 0 Å². The Balaban J connectivity index is 1.46. The van der Waals surface area contributed by atoms with Crippen molar-refractivity contribution in [1.29, 1.82) is 0 Å². The molecule has 0 bridgehead atoms. The van der Waals surface area contributed by atoms with Gasteiger partial charge < -0.3 is 14.4 Å². The molecule has 5 heteroatoms. The molecule has 3 heterocycles. The van der Waals surface area contributed by atoms with Gasteiger partial charge in [0.05, 0.1) is 19.8 Å². The molecule has 0 aliphatic carbocycles. The van der Waals surface area contributed by atoms with Crippen molar-refractivity contribution in [2.24, 2.45) is 0 Å². The van der Waals surface area contributed by atoms with Gasteiger partial charge in [-0.3, -0.25) is 9.69 Å². The summed E-state index contributed by atoms with van der Waals surface area (Å²) in [5.41, 5.74) is 0. The zero-order valence-corrected chi connectivity index (χ0v) is 10.9. The maximum atomic E-state index is 12.0. The second-order valence-electron chi connectivity index (χ2n) is 5.47. The number of carbonyl (C=O) groups excluding carboxylic acids is 1. The van der Waals surface area contributed by atoms with E-state index in [4.69, 9.17) is 9.47 Å². The second-order valence-corrected chi connectivity index (χ2v) is 5.47. The number of likely N-dealkylation sites (tertiary alicyclic amines) is 2. The topological polar surface area (TPSA) is 42.0 Å². The summed E-state index contributed by atoms with van der Waals surface area (Å²) in [4.78, 5) is 16.3. The van der Waals surface area contributed by atoms with Crippen molar-refractivity contribution in [3.8, 4) is 0 Å². The SMILES string of the molecule is O=C(CN1CCC2(CC1)OCCO2)N1CCCC1. The molecule has 0 saturated carbocycles. The van der Waals surface area contributed by atoms with Gasteiger partial charge >= 0.3 is 0 Å². The fourth-order valence-electron chi connectivity index (χ4n) is 3.10. The zero-order valence-electron chi connectivity index (χ0n) is 10.9. The normalized spacial score (nSPS) is 28.1. The fraction of sp³-hybridized carbons (Fsp3) is 0.923. The van der Waals surface area contributed by atoms with E-state index in [1.165, 1.54) is 0 Å². The highest BCUT2D eigenvalue weighted by molar-refractivity contribution is 5.78. The van der Waals surface area contributed by atoms with E-state index in [-0.39, 0.29) is 11.7 Å². The van der Waals surface area contributed by atoms with E-state index in [2.05, 4.69) is 4.90 Å². The lowest BCUT2D eigenvalue weighted by Crippen LogP contribution is -2.48. The van der Waals surface area contributed by atoms with E-state index in [1.807, 2.05) is 4.90 Å². The summed E-state index contributed by atoms with van der Waals surface area (Å²) in [6.45, 7) is 5.69. The monoisotopic (exact) mass is 254 g/mol. The number of ether oxygens (including phenoxy) is 2. The molecule has 5 nitrogen and oxygen atoms in total. The van der Waals surface area contributed by atoms with E-state index in [0.29, 0.717) is 19.8 Å². The van der Waals surface area contributed by atoms with Crippen molar-refractivity contribution in [2.45, 2.75) is 31.5 Å². The molecule has 3 rings (SSSR count). The van der Waals surface area contributed by atoms with Gasteiger partial charge in [-0.25, -0.2) is 0 Å². The minimum absolute atomic E-state index is 0.289. The molecular weight excluding hydrogens is 232 g/mol. The van der Waals surface area contributed by atoms with Gasteiger partial charge in [-0.2, -0.15) is 0 Å². The first kappa shape index (κ1) is 12.4. The quantitative estimate of drug-likeness (QED) is 0.717. The van der Waals surface area contributed by atoms with Crippen LogP contribution in [0.4, 0.5) is 0 Å². The molecule has 3 fully saturated rings. The third-order valence-electron chi connectivity index (χ3n) is 4.25. The van der Waals surface area contributed by atoms with Crippen LogP contribution in [0.1, 0.15) is 25.7 Å². The lowest BCUT2D eigenvalue weighted by molar-refractivity contribution is -0.186. The second kappa shape index (κ2) is 5.15. The molecule has 102 valence electrons. The van der Waals surface area contributed by atoms with Gasteiger partial charge in [-0.1, -0.05) is 0 Å². The average molecular weight is 254 g/mol. The molecule has 3 saturated heterocycles. The highest BCUT2D eigenvalue weighted by Gasteiger charge is 2.40. The number of piperidine rings is 1. The van der Waals surface area contributed by atoms with E-state index >= 15 is 0 Å². The van der Waals surface area contributed by atoms with E-state index in [1.54, 1.807) is 0 Å². The van der Waals surface area contributed by atoms with Crippen molar-refractivity contribution < 1.29 is 14.3 Å². The molecular formula is C13H22N2O3. The van der Waals surface area contributed by atoms with Crippen LogP contribution in [0.2, 0.25) is 0 Å². The Bertz CT molecular complexity index is 299. The Morgan fingerprint density at radius 2 is 1.61 bits per heavy atom. The number of rotatable bonds is 2. The number of hydrogen-bond acceptors (Lipinski definition) is 4. The molecule has 18 heavy (non-hydrogen) atoms. The van der Waals surface area contributed by atoms with Crippen LogP contribution >= 0.6 is 0 Å². The van der Waals surface area contributed by atoms with E-state index < -0.39 is 0 Å². The van der Waals surface area contributed by atoms with Crippen LogP contribution in [0.5, 0.6) is 0 Å². The first-order chi connectivity index (χ1) is 8.77. The van der Waals surface area contributed by atoms with Crippen LogP contribution in [0.25, 0.3) is 0 Å². The van der Waals surface area contributed by atoms with Crippen LogP contribution < -0.4 is 0 Å². The first-order valence-electron chi connectivity index (χ1n) is 7.06. The Hall–Kier alpha value is -0.650. The van der Waals surface area contributed by atoms with Gasteiger partial charge in [0.2, 0.25) is 5.91 Å². The Morgan fingerprint density at radius 3 is 2.22 bits per heavy atom. The number of carbonyl (C=O) groups is 1. The zero-order chi connectivity index (χ0) is 12.4. The minimum atomic E-state index is -0.326. The molecule has 0 N–H and O–H groups in total. The van der Waals surface area contributed by atoms with Gasteiger partial charge in [0.15, 0.2) is 5.79 Å². The summed E-state index contributed by atoms with van der Waals surface area (Å²) in [6, 6.07) is 0. The molecule has 0 aromatic heterocycles. The van der Waals surface area contributed by atoms with Crippen LogP contribution in [0, 0.1) is 0 Å². The summed E-state index contributed by atoms with van der Waals surface area (Å²) in [6.07, 6.45) is 4.10. The summed E-state index contributed by atoms with van der Waals surface area (Å²) in [5, 5.41) is 0. The van der Waals surface area contributed by atoms with Crippen molar-refractivity contribution in [2.75, 3.05) is 45.9 Å². The molecule has 0 radical (unpaired) electrons. The summed E-state index contributed by atoms with van der Waals surface area (Å²) in [5.74, 6) is -0.0376. The van der Waals surface area contributed by atoms with E-state index in [0.717, 1.165) is 51.9 Å². The largest absolute Gasteiger partial charge is 0.347 e. The highest BCUT2D eigenvalue weighted by atomic mass is 16.7. The summed E-state index contributed by atoms with van der Waals surface area (Å²) < 4.78 is 11.4. The van der Waals surface area contributed by atoms with Crippen molar-refractivity contribution in [3.63, 3.8) is 0 Å². The Labute approximate surface area is 108 Å². The van der Waals surface area contributed by atoms with Gasteiger partial charge in [0.1, 0.15) is 0 Å². The van der Waals surface area contributed by atoms with Gasteiger partial charge in [0, 0.05) is 39.0 Å². The molecule has 3 aliphatic heterocycles. The lowest BCUT2D eigenvalue weighted by atomic mass is 10.0. The minimum Gasteiger partial charge on any atom is -0.347 e. The van der Waals surface area contributed by atoms with E-state index in [9.17, 15) is 4.79 Å².